The van der Waals surface area contributed by atoms with Crippen LogP contribution in [0.4, 0.5) is 18.0 Å². The molecular formula is C23H21Cl2F3N2O4S. The van der Waals surface area contributed by atoms with Crippen molar-refractivity contribution in [2.75, 3.05) is 5.75 Å². The molecule has 2 aromatic carbocycles. The van der Waals surface area contributed by atoms with E-state index in [0.717, 1.165) is 0 Å². The van der Waals surface area contributed by atoms with Crippen LogP contribution in [0.15, 0.2) is 76.3 Å². The third-order valence-electron chi connectivity index (χ3n) is 5.06. The predicted octanol–water partition coefficient (Wildman–Crippen LogP) is 5.69. The minimum atomic E-state index is -5.07. The van der Waals surface area contributed by atoms with Crippen LogP contribution in [0.3, 0.4) is 0 Å². The Bertz CT molecular complexity index is 1250. The SMILES string of the molecule is CCS(=O)(=O)c1ccc(CNC(=O)NC2=CC(Cl)=C(c3ccccc3)C(Cl)(OC(F)(F)F)C2)cc1. The van der Waals surface area contributed by atoms with Crippen LogP contribution in [-0.2, 0) is 21.1 Å². The van der Waals surface area contributed by atoms with E-state index in [2.05, 4.69) is 15.4 Å². The molecule has 1 atom stereocenters. The summed E-state index contributed by atoms with van der Waals surface area (Å²) in [5, 5.41) is 2.46. The summed E-state index contributed by atoms with van der Waals surface area (Å²) in [7, 11) is -3.35. The molecule has 0 bridgehead atoms. The third-order valence-corrected chi connectivity index (χ3v) is 7.51. The van der Waals surface area contributed by atoms with Crippen molar-refractivity contribution in [2.45, 2.75) is 36.2 Å². The highest BCUT2D eigenvalue weighted by atomic mass is 35.5. The van der Waals surface area contributed by atoms with Gasteiger partial charge in [-0.2, -0.15) is 0 Å². The highest BCUT2D eigenvalue weighted by molar-refractivity contribution is 7.91. The smallest absolute Gasteiger partial charge is 0.334 e. The zero-order valence-electron chi connectivity index (χ0n) is 18.3. The number of allylic oxidation sites excluding steroid dienone is 2. The lowest BCUT2D eigenvalue weighted by atomic mass is 9.92. The summed E-state index contributed by atoms with van der Waals surface area (Å²) in [4.78, 5) is 12.6. The van der Waals surface area contributed by atoms with Crippen molar-refractivity contribution in [2.24, 2.45) is 0 Å². The van der Waals surface area contributed by atoms with E-state index in [9.17, 15) is 26.4 Å². The van der Waals surface area contributed by atoms with Gasteiger partial charge < -0.3 is 10.6 Å². The van der Waals surface area contributed by atoms with Gasteiger partial charge in [0.1, 0.15) is 0 Å². The number of hydrogen-bond donors (Lipinski definition) is 2. The molecule has 0 aliphatic heterocycles. The number of alkyl halides is 4. The number of benzene rings is 2. The molecule has 1 aliphatic carbocycles. The lowest BCUT2D eigenvalue weighted by Gasteiger charge is -2.35. The van der Waals surface area contributed by atoms with E-state index in [1.807, 2.05) is 0 Å². The van der Waals surface area contributed by atoms with E-state index in [4.69, 9.17) is 23.2 Å². The number of carbonyl (C=O) groups excluding carboxylic acids is 1. The summed E-state index contributed by atoms with van der Waals surface area (Å²) >= 11 is 12.6. The number of amides is 2. The number of sulfone groups is 1. The largest absolute Gasteiger partial charge is 0.524 e. The number of nitrogens with one attached hydrogen (secondary N) is 2. The van der Waals surface area contributed by atoms with E-state index >= 15 is 0 Å². The van der Waals surface area contributed by atoms with E-state index < -0.39 is 33.7 Å². The predicted molar refractivity (Wildman–Crippen MR) is 127 cm³/mol. The number of hydrogen-bond acceptors (Lipinski definition) is 4. The molecule has 0 radical (unpaired) electrons. The minimum absolute atomic E-state index is 0.0100. The van der Waals surface area contributed by atoms with Crippen LogP contribution in [0, 0.1) is 0 Å². The Morgan fingerprint density at radius 2 is 1.74 bits per heavy atom. The fourth-order valence-electron chi connectivity index (χ4n) is 3.45. The van der Waals surface area contributed by atoms with Crippen molar-refractivity contribution in [3.63, 3.8) is 0 Å². The van der Waals surface area contributed by atoms with Crippen LogP contribution in [0.2, 0.25) is 0 Å². The Labute approximate surface area is 210 Å². The van der Waals surface area contributed by atoms with Crippen molar-refractivity contribution in [1.29, 1.82) is 0 Å². The summed E-state index contributed by atoms with van der Waals surface area (Å²) in [5.74, 6) is -0.0365. The summed E-state index contributed by atoms with van der Waals surface area (Å²) in [5.41, 5.74) is 0.886. The van der Waals surface area contributed by atoms with Gasteiger partial charge in [-0.3, -0.25) is 4.74 Å². The number of carbonyl (C=O) groups is 1. The molecule has 2 N–H and O–H groups in total. The molecule has 2 amide bonds. The first-order valence-electron chi connectivity index (χ1n) is 10.3. The third kappa shape index (κ3) is 7.00. The van der Waals surface area contributed by atoms with Gasteiger partial charge in [-0.1, -0.05) is 72.6 Å². The first kappa shape index (κ1) is 27.1. The summed E-state index contributed by atoms with van der Waals surface area (Å²) < 4.78 is 67.6. The van der Waals surface area contributed by atoms with E-state index in [1.165, 1.54) is 25.1 Å². The lowest BCUT2D eigenvalue weighted by Crippen LogP contribution is -2.41. The molecule has 0 aromatic heterocycles. The number of ether oxygens (including phenoxy) is 1. The summed E-state index contributed by atoms with van der Waals surface area (Å²) in [6.07, 6.45) is -4.28. The molecule has 1 unspecified atom stereocenters. The molecule has 0 fully saturated rings. The maximum atomic E-state index is 13.2. The van der Waals surface area contributed by atoms with Crippen molar-refractivity contribution >= 4 is 44.6 Å². The molecular weight excluding hydrogens is 528 g/mol. The highest BCUT2D eigenvalue weighted by Crippen LogP contribution is 2.48. The standard InChI is InChI=1S/C23H21Cl2F3N2O4S/c1-2-35(32,33)18-10-8-15(9-11-18)14-29-21(31)30-17-12-19(24)20(16-6-4-3-5-7-16)22(25,13-17)34-23(26,27)28/h3-12H,2,13-14H2,1H3,(H2,29,30,31). The second-order valence-electron chi connectivity index (χ2n) is 7.57. The Hall–Kier alpha value is -2.53. The number of halogens is 5. The van der Waals surface area contributed by atoms with Gasteiger partial charge in [-0.25, -0.2) is 13.2 Å². The van der Waals surface area contributed by atoms with Gasteiger partial charge in [0.25, 0.3) is 0 Å². The molecule has 0 heterocycles. The second-order valence-corrected chi connectivity index (χ2v) is 10.9. The fourth-order valence-corrected chi connectivity index (χ4v) is 5.22. The van der Waals surface area contributed by atoms with Crippen LogP contribution in [-0.4, -0.2) is 31.6 Å². The van der Waals surface area contributed by atoms with Gasteiger partial charge in [0, 0.05) is 24.2 Å². The van der Waals surface area contributed by atoms with Crippen LogP contribution in [0.1, 0.15) is 24.5 Å². The summed E-state index contributed by atoms with van der Waals surface area (Å²) in [6.45, 7) is 1.57. The van der Waals surface area contributed by atoms with Crippen molar-refractivity contribution in [3.05, 3.63) is 82.5 Å². The number of rotatable bonds is 7. The zero-order chi connectivity index (χ0) is 25.9. The zero-order valence-corrected chi connectivity index (χ0v) is 20.7. The van der Waals surface area contributed by atoms with E-state index in [-0.39, 0.29) is 33.5 Å². The molecule has 0 spiro atoms. The first-order valence-corrected chi connectivity index (χ1v) is 12.7. The molecule has 1 aliphatic rings. The Kier molecular flexibility index (Phi) is 8.21. The van der Waals surface area contributed by atoms with Crippen LogP contribution in [0.25, 0.3) is 5.57 Å². The minimum Gasteiger partial charge on any atom is -0.334 e. The average molecular weight is 549 g/mol. The van der Waals surface area contributed by atoms with Crippen molar-refractivity contribution in [1.82, 2.24) is 10.6 Å². The van der Waals surface area contributed by atoms with E-state index in [1.54, 1.807) is 42.5 Å². The average Bonchev–Trinajstić information content (AvgIpc) is 2.76. The van der Waals surface area contributed by atoms with Crippen molar-refractivity contribution in [3.8, 4) is 0 Å². The van der Waals surface area contributed by atoms with Gasteiger partial charge in [0.05, 0.1) is 15.7 Å². The molecule has 12 heteroatoms. The second kappa shape index (κ2) is 10.6. The topological polar surface area (TPSA) is 84.5 Å². The van der Waals surface area contributed by atoms with Gasteiger partial charge in [0.15, 0.2) is 14.9 Å². The molecule has 0 saturated carbocycles. The summed E-state index contributed by atoms with van der Waals surface area (Å²) in [6, 6.07) is 13.3. The molecule has 0 saturated heterocycles. The highest BCUT2D eigenvalue weighted by Gasteiger charge is 2.48. The van der Waals surface area contributed by atoms with Gasteiger partial charge in [-0.15, -0.1) is 13.2 Å². The molecule has 3 rings (SSSR count). The van der Waals surface area contributed by atoms with Gasteiger partial charge in [-0.05, 0) is 29.3 Å². The molecule has 188 valence electrons. The Morgan fingerprint density at radius 3 is 2.31 bits per heavy atom. The first-order chi connectivity index (χ1) is 16.3. The monoisotopic (exact) mass is 548 g/mol. The molecule has 2 aromatic rings. The number of urea groups is 1. The van der Waals surface area contributed by atoms with Crippen LogP contribution < -0.4 is 10.6 Å². The molecule has 35 heavy (non-hydrogen) atoms. The van der Waals surface area contributed by atoms with Crippen LogP contribution in [0.5, 0.6) is 0 Å². The van der Waals surface area contributed by atoms with Crippen molar-refractivity contribution < 1.29 is 31.1 Å². The molecule has 6 nitrogen and oxygen atoms in total. The van der Waals surface area contributed by atoms with Gasteiger partial charge >= 0.3 is 12.4 Å². The normalized spacial score (nSPS) is 18.7. The Morgan fingerprint density at radius 1 is 1.11 bits per heavy atom. The Balaban J connectivity index is 1.75. The fraction of sp³-hybridized carbons (Fsp3) is 0.261. The maximum absolute atomic E-state index is 13.2. The lowest BCUT2D eigenvalue weighted by molar-refractivity contribution is -0.342. The van der Waals surface area contributed by atoms with Crippen LogP contribution >= 0.6 is 23.2 Å². The van der Waals surface area contributed by atoms with E-state index in [0.29, 0.717) is 11.1 Å². The maximum Gasteiger partial charge on any atom is 0.524 e. The quantitative estimate of drug-likeness (QED) is 0.435. The van der Waals surface area contributed by atoms with Gasteiger partial charge in [0.2, 0.25) is 0 Å².